The standard InChI is InChI=1S/C11H19N5O/c1-6(5-9(12)17)14-11-7(2)10(13-4)15-8(3)16-11/h6H,5H2,1-4H3,(H2,12,17)(H2,13,14,15,16). The third-order valence-electron chi connectivity index (χ3n) is 2.38. The summed E-state index contributed by atoms with van der Waals surface area (Å²) in [6.07, 6.45) is 0.275. The van der Waals surface area contributed by atoms with Gasteiger partial charge in [-0.1, -0.05) is 0 Å². The summed E-state index contributed by atoms with van der Waals surface area (Å²) >= 11 is 0. The molecule has 0 aliphatic carbocycles. The van der Waals surface area contributed by atoms with E-state index >= 15 is 0 Å². The van der Waals surface area contributed by atoms with Gasteiger partial charge in [0.1, 0.15) is 17.5 Å². The SMILES string of the molecule is CNc1nc(C)nc(NC(C)CC(N)=O)c1C. The van der Waals surface area contributed by atoms with Gasteiger partial charge in [0.25, 0.3) is 0 Å². The van der Waals surface area contributed by atoms with Crippen LogP contribution in [0.4, 0.5) is 11.6 Å². The Morgan fingerprint density at radius 3 is 2.47 bits per heavy atom. The second-order valence-corrected chi connectivity index (χ2v) is 4.06. The molecule has 0 bridgehead atoms. The summed E-state index contributed by atoms with van der Waals surface area (Å²) in [6.45, 7) is 5.63. The van der Waals surface area contributed by atoms with E-state index in [-0.39, 0.29) is 18.4 Å². The van der Waals surface area contributed by atoms with Crippen LogP contribution >= 0.6 is 0 Å². The van der Waals surface area contributed by atoms with Crippen LogP contribution in [0.5, 0.6) is 0 Å². The van der Waals surface area contributed by atoms with Crippen LogP contribution in [-0.4, -0.2) is 29.0 Å². The molecule has 1 unspecified atom stereocenters. The Bertz CT molecular complexity index is 419. The number of aryl methyl sites for hydroxylation is 1. The molecule has 0 aliphatic heterocycles. The van der Waals surface area contributed by atoms with Crippen molar-refractivity contribution in [3.05, 3.63) is 11.4 Å². The molecule has 1 atom stereocenters. The average molecular weight is 237 g/mol. The zero-order chi connectivity index (χ0) is 13.0. The molecular weight excluding hydrogens is 218 g/mol. The lowest BCUT2D eigenvalue weighted by Crippen LogP contribution is -2.25. The van der Waals surface area contributed by atoms with Crippen molar-refractivity contribution in [3.63, 3.8) is 0 Å². The quantitative estimate of drug-likeness (QED) is 0.704. The number of nitrogens with one attached hydrogen (secondary N) is 2. The number of aromatic nitrogens is 2. The lowest BCUT2D eigenvalue weighted by atomic mass is 10.2. The van der Waals surface area contributed by atoms with E-state index in [2.05, 4.69) is 20.6 Å². The average Bonchev–Trinajstić information content (AvgIpc) is 2.21. The minimum Gasteiger partial charge on any atom is -0.373 e. The van der Waals surface area contributed by atoms with E-state index in [1.165, 1.54) is 0 Å². The van der Waals surface area contributed by atoms with Crippen LogP contribution in [0.2, 0.25) is 0 Å². The number of rotatable bonds is 5. The van der Waals surface area contributed by atoms with Crippen molar-refractivity contribution in [2.24, 2.45) is 5.73 Å². The van der Waals surface area contributed by atoms with Crippen molar-refractivity contribution >= 4 is 17.5 Å². The fraction of sp³-hybridized carbons (Fsp3) is 0.545. The number of nitrogens with two attached hydrogens (primary N) is 1. The van der Waals surface area contributed by atoms with Crippen LogP contribution in [0.3, 0.4) is 0 Å². The van der Waals surface area contributed by atoms with Gasteiger partial charge in [-0.05, 0) is 20.8 Å². The van der Waals surface area contributed by atoms with E-state index in [1.54, 1.807) is 0 Å². The maximum Gasteiger partial charge on any atom is 0.219 e. The Labute approximate surface area is 101 Å². The van der Waals surface area contributed by atoms with Gasteiger partial charge < -0.3 is 16.4 Å². The summed E-state index contributed by atoms with van der Waals surface area (Å²) in [5.74, 6) is 1.86. The molecule has 4 N–H and O–H groups in total. The summed E-state index contributed by atoms with van der Waals surface area (Å²) in [7, 11) is 1.81. The summed E-state index contributed by atoms with van der Waals surface area (Å²) in [6, 6.07) is -0.0507. The van der Waals surface area contributed by atoms with Crippen molar-refractivity contribution in [2.75, 3.05) is 17.7 Å². The third-order valence-corrected chi connectivity index (χ3v) is 2.38. The molecule has 0 aliphatic rings. The Hall–Kier alpha value is -1.85. The van der Waals surface area contributed by atoms with Gasteiger partial charge >= 0.3 is 0 Å². The van der Waals surface area contributed by atoms with Crippen LogP contribution in [-0.2, 0) is 4.79 Å². The summed E-state index contributed by atoms with van der Waals surface area (Å²) in [5.41, 5.74) is 6.07. The highest BCUT2D eigenvalue weighted by atomic mass is 16.1. The van der Waals surface area contributed by atoms with E-state index in [9.17, 15) is 4.79 Å². The van der Waals surface area contributed by atoms with Crippen LogP contribution in [0.15, 0.2) is 0 Å². The van der Waals surface area contributed by atoms with E-state index in [0.717, 1.165) is 17.2 Å². The second-order valence-electron chi connectivity index (χ2n) is 4.06. The highest BCUT2D eigenvalue weighted by Gasteiger charge is 2.11. The van der Waals surface area contributed by atoms with Gasteiger partial charge in [0.15, 0.2) is 0 Å². The van der Waals surface area contributed by atoms with Gasteiger partial charge in [0.2, 0.25) is 5.91 Å². The molecular formula is C11H19N5O. The van der Waals surface area contributed by atoms with Crippen molar-refractivity contribution in [1.82, 2.24) is 9.97 Å². The van der Waals surface area contributed by atoms with Crippen LogP contribution in [0.25, 0.3) is 0 Å². The molecule has 0 radical (unpaired) electrons. The van der Waals surface area contributed by atoms with E-state index in [4.69, 9.17) is 5.73 Å². The first kappa shape index (κ1) is 13.2. The lowest BCUT2D eigenvalue weighted by Gasteiger charge is -2.16. The minimum atomic E-state index is -0.331. The normalized spacial score (nSPS) is 12.0. The molecule has 0 aromatic carbocycles. The molecule has 0 spiro atoms. The fourth-order valence-corrected chi connectivity index (χ4v) is 1.60. The molecule has 0 saturated heterocycles. The minimum absolute atomic E-state index is 0.0507. The largest absolute Gasteiger partial charge is 0.373 e. The number of anilines is 2. The molecule has 0 saturated carbocycles. The zero-order valence-electron chi connectivity index (χ0n) is 10.7. The Kier molecular flexibility index (Phi) is 4.25. The molecule has 1 rings (SSSR count). The Balaban J connectivity index is 2.90. The number of carbonyl (C=O) groups excluding carboxylic acids is 1. The summed E-state index contributed by atoms with van der Waals surface area (Å²) in [4.78, 5) is 19.4. The molecule has 6 heteroatoms. The van der Waals surface area contributed by atoms with Gasteiger partial charge in [0.05, 0.1) is 0 Å². The molecule has 6 nitrogen and oxygen atoms in total. The first-order chi connectivity index (χ1) is 7.93. The lowest BCUT2D eigenvalue weighted by molar-refractivity contribution is -0.118. The van der Waals surface area contributed by atoms with Crippen LogP contribution in [0, 0.1) is 13.8 Å². The maximum absolute atomic E-state index is 10.8. The molecule has 94 valence electrons. The maximum atomic E-state index is 10.8. The third kappa shape index (κ3) is 3.58. The number of hydrogen-bond acceptors (Lipinski definition) is 5. The fourth-order valence-electron chi connectivity index (χ4n) is 1.60. The van der Waals surface area contributed by atoms with Crippen LogP contribution in [0.1, 0.15) is 24.7 Å². The van der Waals surface area contributed by atoms with E-state index < -0.39 is 0 Å². The predicted molar refractivity (Wildman–Crippen MR) is 67.9 cm³/mol. The van der Waals surface area contributed by atoms with Crippen molar-refractivity contribution < 1.29 is 4.79 Å². The van der Waals surface area contributed by atoms with Gasteiger partial charge in [-0.3, -0.25) is 4.79 Å². The van der Waals surface area contributed by atoms with Gasteiger partial charge in [0, 0.05) is 25.1 Å². The highest BCUT2D eigenvalue weighted by molar-refractivity contribution is 5.75. The number of nitrogens with zero attached hydrogens (tertiary/aromatic N) is 2. The predicted octanol–water partition coefficient (Wildman–Crippen LogP) is 0.811. The topological polar surface area (TPSA) is 92.9 Å². The number of hydrogen-bond donors (Lipinski definition) is 3. The number of carbonyl (C=O) groups is 1. The second kappa shape index (κ2) is 5.47. The van der Waals surface area contributed by atoms with Gasteiger partial charge in [-0.25, -0.2) is 9.97 Å². The van der Waals surface area contributed by atoms with Crippen LogP contribution < -0.4 is 16.4 Å². The van der Waals surface area contributed by atoms with Crippen molar-refractivity contribution in [2.45, 2.75) is 33.2 Å². The van der Waals surface area contributed by atoms with Crippen molar-refractivity contribution in [3.8, 4) is 0 Å². The van der Waals surface area contributed by atoms with Gasteiger partial charge in [-0.2, -0.15) is 0 Å². The number of amides is 1. The molecule has 1 aromatic heterocycles. The van der Waals surface area contributed by atoms with E-state index in [1.807, 2.05) is 27.8 Å². The smallest absolute Gasteiger partial charge is 0.219 e. The van der Waals surface area contributed by atoms with E-state index in [0.29, 0.717) is 5.82 Å². The highest BCUT2D eigenvalue weighted by Crippen LogP contribution is 2.20. The molecule has 1 heterocycles. The molecule has 1 aromatic rings. The first-order valence-electron chi connectivity index (χ1n) is 5.52. The Morgan fingerprint density at radius 2 is 1.94 bits per heavy atom. The number of primary amides is 1. The first-order valence-corrected chi connectivity index (χ1v) is 5.52. The zero-order valence-corrected chi connectivity index (χ0v) is 10.7. The molecule has 0 fully saturated rings. The van der Waals surface area contributed by atoms with Gasteiger partial charge in [-0.15, -0.1) is 0 Å². The molecule has 17 heavy (non-hydrogen) atoms. The monoisotopic (exact) mass is 237 g/mol. The molecule has 1 amide bonds. The van der Waals surface area contributed by atoms with Crippen molar-refractivity contribution in [1.29, 1.82) is 0 Å². The summed E-state index contributed by atoms with van der Waals surface area (Å²) < 4.78 is 0. The Morgan fingerprint density at radius 1 is 1.35 bits per heavy atom. The summed E-state index contributed by atoms with van der Waals surface area (Å²) in [5, 5.41) is 6.17.